The van der Waals surface area contributed by atoms with E-state index in [9.17, 15) is 4.79 Å². The lowest BCUT2D eigenvalue weighted by Gasteiger charge is -2.47. The summed E-state index contributed by atoms with van der Waals surface area (Å²) in [7, 11) is 2.25. The molecule has 0 aromatic carbocycles. The van der Waals surface area contributed by atoms with Gasteiger partial charge in [-0.3, -0.25) is 4.79 Å². The fraction of sp³-hybridized carbons (Fsp3) is 0.938. The summed E-state index contributed by atoms with van der Waals surface area (Å²) in [5.74, 6) is 0.653. The molecule has 1 saturated carbocycles. The number of hydrogen-bond acceptors (Lipinski definition) is 3. The third-order valence-electron chi connectivity index (χ3n) is 5.87. The highest BCUT2D eigenvalue weighted by Gasteiger charge is 2.36. The number of hydrogen-bond donors (Lipinski definition) is 2. The Morgan fingerprint density at radius 3 is 2.40 bits per heavy atom. The van der Waals surface area contributed by atoms with Crippen LogP contribution in [0.25, 0.3) is 0 Å². The van der Waals surface area contributed by atoms with Gasteiger partial charge in [-0.1, -0.05) is 12.8 Å². The first-order chi connectivity index (χ1) is 9.63. The SMILES string of the molecule is CN1C2CCCC1CC(NC(=O)C[C@@H]1CCC[C@H]1N)C2. The van der Waals surface area contributed by atoms with Gasteiger partial charge in [0.1, 0.15) is 0 Å². The molecule has 20 heavy (non-hydrogen) atoms. The second-order valence-corrected chi connectivity index (χ2v) is 7.20. The predicted molar refractivity (Wildman–Crippen MR) is 80.3 cm³/mol. The third-order valence-corrected chi connectivity index (χ3v) is 5.87. The lowest BCUT2D eigenvalue weighted by molar-refractivity contribution is -0.123. The Labute approximate surface area is 122 Å². The second kappa shape index (κ2) is 6.02. The summed E-state index contributed by atoms with van der Waals surface area (Å²) >= 11 is 0. The van der Waals surface area contributed by atoms with E-state index in [1.165, 1.54) is 25.7 Å². The number of nitrogens with one attached hydrogen (secondary N) is 1. The summed E-state index contributed by atoms with van der Waals surface area (Å²) in [6, 6.07) is 2.01. The van der Waals surface area contributed by atoms with Crippen molar-refractivity contribution in [2.24, 2.45) is 11.7 Å². The average molecular weight is 279 g/mol. The first-order valence-corrected chi connectivity index (χ1v) is 8.40. The first-order valence-electron chi connectivity index (χ1n) is 8.40. The quantitative estimate of drug-likeness (QED) is 0.825. The molecule has 3 fully saturated rings. The van der Waals surface area contributed by atoms with Crippen LogP contribution in [-0.4, -0.2) is 42.0 Å². The number of fused-ring (bicyclic) bond motifs is 2. The van der Waals surface area contributed by atoms with Crippen molar-refractivity contribution in [1.29, 1.82) is 0 Å². The summed E-state index contributed by atoms with van der Waals surface area (Å²) in [6.07, 6.45) is 10.3. The zero-order valence-corrected chi connectivity index (χ0v) is 12.7. The van der Waals surface area contributed by atoms with Gasteiger partial charge >= 0.3 is 0 Å². The van der Waals surface area contributed by atoms with Crippen molar-refractivity contribution in [3.8, 4) is 0 Å². The molecule has 2 unspecified atom stereocenters. The van der Waals surface area contributed by atoms with Crippen LogP contribution < -0.4 is 11.1 Å². The maximum atomic E-state index is 12.2. The molecule has 4 atom stereocenters. The maximum Gasteiger partial charge on any atom is 0.220 e. The van der Waals surface area contributed by atoms with E-state index in [4.69, 9.17) is 5.73 Å². The van der Waals surface area contributed by atoms with Crippen LogP contribution in [0.3, 0.4) is 0 Å². The minimum absolute atomic E-state index is 0.236. The number of amides is 1. The molecule has 1 aliphatic carbocycles. The van der Waals surface area contributed by atoms with Gasteiger partial charge in [0.15, 0.2) is 0 Å². The van der Waals surface area contributed by atoms with E-state index in [2.05, 4.69) is 17.3 Å². The van der Waals surface area contributed by atoms with Crippen molar-refractivity contribution in [1.82, 2.24) is 10.2 Å². The zero-order valence-electron chi connectivity index (χ0n) is 12.7. The molecule has 3 N–H and O–H groups in total. The molecule has 3 aliphatic rings. The van der Waals surface area contributed by atoms with Crippen LogP contribution in [-0.2, 0) is 4.79 Å². The molecule has 2 heterocycles. The molecule has 114 valence electrons. The smallest absolute Gasteiger partial charge is 0.220 e. The van der Waals surface area contributed by atoms with Gasteiger partial charge in [-0.15, -0.1) is 0 Å². The van der Waals surface area contributed by atoms with Crippen LogP contribution >= 0.6 is 0 Å². The molecule has 0 aromatic heterocycles. The van der Waals surface area contributed by atoms with E-state index in [-0.39, 0.29) is 11.9 Å². The molecule has 4 nitrogen and oxygen atoms in total. The van der Waals surface area contributed by atoms with Crippen molar-refractivity contribution < 1.29 is 4.79 Å². The summed E-state index contributed by atoms with van der Waals surface area (Å²) in [6.45, 7) is 0. The number of carbonyl (C=O) groups excluding carboxylic acids is 1. The summed E-state index contributed by atoms with van der Waals surface area (Å²) < 4.78 is 0. The molecule has 0 radical (unpaired) electrons. The molecule has 1 amide bonds. The Morgan fingerprint density at radius 1 is 1.15 bits per heavy atom. The van der Waals surface area contributed by atoms with Crippen molar-refractivity contribution >= 4 is 5.91 Å². The monoisotopic (exact) mass is 279 g/mol. The van der Waals surface area contributed by atoms with Crippen LogP contribution in [0.2, 0.25) is 0 Å². The van der Waals surface area contributed by atoms with E-state index in [0.29, 0.717) is 30.5 Å². The van der Waals surface area contributed by atoms with Gasteiger partial charge in [0.2, 0.25) is 5.91 Å². The van der Waals surface area contributed by atoms with Crippen molar-refractivity contribution in [2.45, 2.75) is 82.0 Å². The van der Waals surface area contributed by atoms with E-state index in [0.717, 1.165) is 25.7 Å². The van der Waals surface area contributed by atoms with Crippen LogP contribution in [0.15, 0.2) is 0 Å². The number of piperidine rings is 2. The fourth-order valence-electron chi connectivity index (χ4n) is 4.58. The Morgan fingerprint density at radius 2 is 1.80 bits per heavy atom. The van der Waals surface area contributed by atoms with Gasteiger partial charge in [0.05, 0.1) is 0 Å². The predicted octanol–water partition coefficient (Wildman–Crippen LogP) is 1.64. The standard InChI is InChI=1S/C16H29N3O/c1-19-13-5-3-6-14(19)10-12(9-13)18-16(20)8-11-4-2-7-15(11)17/h11-15H,2-10,17H2,1H3,(H,18,20)/t11-,12?,13?,14?,15+/m0/s1. The van der Waals surface area contributed by atoms with Crippen molar-refractivity contribution in [3.05, 3.63) is 0 Å². The second-order valence-electron chi connectivity index (χ2n) is 7.20. The van der Waals surface area contributed by atoms with Crippen LogP contribution in [0.4, 0.5) is 0 Å². The Hall–Kier alpha value is -0.610. The Balaban J connectivity index is 1.49. The molecule has 2 bridgehead atoms. The lowest BCUT2D eigenvalue weighted by atomic mass is 9.82. The lowest BCUT2D eigenvalue weighted by Crippen LogP contribution is -2.55. The fourth-order valence-corrected chi connectivity index (χ4v) is 4.58. The van der Waals surface area contributed by atoms with Gasteiger partial charge in [-0.05, 0) is 51.5 Å². The maximum absolute atomic E-state index is 12.2. The molecule has 0 aromatic rings. The number of nitrogens with zero attached hydrogens (tertiary/aromatic N) is 1. The highest BCUT2D eigenvalue weighted by atomic mass is 16.1. The van der Waals surface area contributed by atoms with E-state index in [1.54, 1.807) is 0 Å². The summed E-state index contributed by atoms with van der Waals surface area (Å²) in [5, 5.41) is 3.29. The van der Waals surface area contributed by atoms with Crippen LogP contribution in [0.1, 0.15) is 57.8 Å². The van der Waals surface area contributed by atoms with E-state index in [1.807, 2.05) is 0 Å². The van der Waals surface area contributed by atoms with Crippen LogP contribution in [0, 0.1) is 5.92 Å². The highest BCUT2D eigenvalue weighted by Crippen LogP contribution is 2.33. The molecular formula is C16H29N3O. The molecule has 0 spiro atoms. The van der Waals surface area contributed by atoms with Crippen molar-refractivity contribution in [2.75, 3.05) is 7.05 Å². The molecule has 2 aliphatic heterocycles. The topological polar surface area (TPSA) is 58.4 Å². The van der Waals surface area contributed by atoms with Crippen molar-refractivity contribution in [3.63, 3.8) is 0 Å². The number of carbonyl (C=O) groups is 1. The van der Waals surface area contributed by atoms with Gasteiger partial charge in [0, 0.05) is 30.6 Å². The normalized spacial score (nSPS) is 41.6. The Kier molecular flexibility index (Phi) is 4.32. The molecule has 2 saturated heterocycles. The van der Waals surface area contributed by atoms with E-state index < -0.39 is 0 Å². The minimum Gasteiger partial charge on any atom is -0.353 e. The minimum atomic E-state index is 0.236. The number of nitrogens with two attached hydrogens (primary N) is 1. The first kappa shape index (κ1) is 14.3. The zero-order chi connectivity index (χ0) is 14.1. The van der Waals surface area contributed by atoms with Crippen LogP contribution in [0.5, 0.6) is 0 Å². The molecule has 4 heteroatoms. The van der Waals surface area contributed by atoms with Gasteiger partial charge in [-0.2, -0.15) is 0 Å². The van der Waals surface area contributed by atoms with Gasteiger partial charge in [0.25, 0.3) is 0 Å². The largest absolute Gasteiger partial charge is 0.353 e. The molecular weight excluding hydrogens is 250 g/mol. The third kappa shape index (κ3) is 3.01. The Bertz CT molecular complexity index is 346. The average Bonchev–Trinajstić information content (AvgIpc) is 2.76. The molecule has 3 rings (SSSR count). The summed E-state index contributed by atoms with van der Waals surface area (Å²) in [4.78, 5) is 14.8. The highest BCUT2D eigenvalue weighted by molar-refractivity contribution is 5.76. The van der Waals surface area contributed by atoms with Gasteiger partial charge < -0.3 is 16.0 Å². The summed E-state index contributed by atoms with van der Waals surface area (Å²) in [5.41, 5.74) is 6.07. The van der Waals surface area contributed by atoms with Gasteiger partial charge in [-0.25, -0.2) is 0 Å². The van der Waals surface area contributed by atoms with E-state index >= 15 is 0 Å². The number of rotatable bonds is 3.